The normalized spacial score (nSPS) is 24.2. The lowest BCUT2D eigenvalue weighted by Gasteiger charge is -2.35. The number of hydrogen-bond donors (Lipinski definition) is 2. The van der Waals surface area contributed by atoms with Gasteiger partial charge in [-0.2, -0.15) is 0 Å². The minimum Gasteiger partial charge on any atom is -0.395 e. The van der Waals surface area contributed by atoms with Crippen LogP contribution in [0.4, 0.5) is 0 Å². The summed E-state index contributed by atoms with van der Waals surface area (Å²) >= 11 is 6.20. The van der Waals surface area contributed by atoms with Gasteiger partial charge in [-0.05, 0) is 51.9 Å². The number of rotatable bonds is 9. The molecule has 0 saturated carbocycles. The van der Waals surface area contributed by atoms with Crippen molar-refractivity contribution in [3.05, 3.63) is 34.5 Å². The molecular weight excluding hydrogens is 322 g/mol. The van der Waals surface area contributed by atoms with Crippen molar-refractivity contribution in [2.24, 2.45) is 4.99 Å². The van der Waals surface area contributed by atoms with E-state index in [0.29, 0.717) is 6.04 Å². The summed E-state index contributed by atoms with van der Waals surface area (Å²) in [5, 5.41) is 13.6. The topological polar surface area (TPSA) is 47.9 Å². The number of aliphatic hydroxyl groups is 1. The van der Waals surface area contributed by atoms with E-state index in [1.165, 1.54) is 5.57 Å². The van der Waals surface area contributed by atoms with Crippen molar-refractivity contribution in [3.63, 3.8) is 0 Å². The maximum atomic E-state index is 9.05. The van der Waals surface area contributed by atoms with Gasteiger partial charge in [-0.3, -0.25) is 4.99 Å². The van der Waals surface area contributed by atoms with Gasteiger partial charge in [0.25, 0.3) is 0 Å². The maximum Gasteiger partial charge on any atom is 0.0897 e. The molecule has 0 saturated heterocycles. The highest BCUT2D eigenvalue weighted by atomic mass is 35.5. The molecule has 134 valence electrons. The van der Waals surface area contributed by atoms with Crippen LogP contribution in [-0.4, -0.2) is 54.0 Å². The molecule has 0 spiro atoms. The lowest BCUT2D eigenvalue weighted by molar-refractivity contribution is 0.198. The number of halogens is 1. The smallest absolute Gasteiger partial charge is 0.0897 e. The summed E-state index contributed by atoms with van der Waals surface area (Å²) in [7, 11) is 0. The first-order valence-electron chi connectivity index (χ1n) is 8.91. The van der Waals surface area contributed by atoms with Crippen LogP contribution in [-0.2, 0) is 0 Å². The Morgan fingerprint density at radius 3 is 2.88 bits per heavy atom. The fraction of sp³-hybridized carbons (Fsp3) is 0.632. The van der Waals surface area contributed by atoms with E-state index in [9.17, 15) is 0 Å². The van der Waals surface area contributed by atoms with Crippen LogP contribution in [0.15, 0.2) is 39.5 Å². The fourth-order valence-corrected chi connectivity index (χ4v) is 3.67. The summed E-state index contributed by atoms with van der Waals surface area (Å²) in [6.45, 7) is 9.51. The van der Waals surface area contributed by atoms with Crippen LogP contribution in [0.25, 0.3) is 0 Å². The van der Waals surface area contributed by atoms with E-state index >= 15 is 0 Å². The Morgan fingerprint density at radius 1 is 1.38 bits per heavy atom. The Balaban J connectivity index is 1.88. The number of nitrogens with zero attached hydrogens (tertiary/aromatic N) is 2. The zero-order valence-electron chi connectivity index (χ0n) is 15.1. The second-order valence-electron chi connectivity index (χ2n) is 6.85. The van der Waals surface area contributed by atoms with E-state index in [4.69, 9.17) is 16.7 Å². The third-order valence-corrected chi connectivity index (χ3v) is 5.05. The van der Waals surface area contributed by atoms with Crippen LogP contribution < -0.4 is 5.32 Å². The molecule has 24 heavy (non-hydrogen) atoms. The minimum atomic E-state index is -0.247. The van der Waals surface area contributed by atoms with Gasteiger partial charge in [0, 0.05) is 41.5 Å². The van der Waals surface area contributed by atoms with Crippen LogP contribution in [0.2, 0.25) is 0 Å². The molecule has 1 aliphatic heterocycles. The molecule has 2 aliphatic rings. The molecule has 1 unspecified atom stereocenters. The monoisotopic (exact) mass is 351 g/mol. The molecule has 0 amide bonds. The van der Waals surface area contributed by atoms with Crippen molar-refractivity contribution in [1.29, 1.82) is 0 Å². The Kier molecular flexibility index (Phi) is 7.08. The van der Waals surface area contributed by atoms with Crippen molar-refractivity contribution in [1.82, 2.24) is 10.2 Å². The first-order valence-corrected chi connectivity index (χ1v) is 9.28. The molecule has 0 aromatic rings. The largest absolute Gasteiger partial charge is 0.395 e. The first kappa shape index (κ1) is 19.2. The second-order valence-corrected chi connectivity index (χ2v) is 7.33. The van der Waals surface area contributed by atoms with Crippen molar-refractivity contribution >= 4 is 17.8 Å². The molecule has 0 aromatic carbocycles. The average Bonchev–Trinajstić information content (AvgIpc) is 2.53. The predicted molar refractivity (Wildman–Crippen MR) is 103 cm³/mol. The highest BCUT2D eigenvalue weighted by Gasteiger charge is 2.34. The van der Waals surface area contributed by atoms with Gasteiger partial charge in [0.2, 0.25) is 0 Å². The second kappa shape index (κ2) is 8.84. The summed E-state index contributed by atoms with van der Waals surface area (Å²) in [5.74, 6) is 0. The molecule has 0 aromatic heterocycles. The molecular formula is C19H30ClN3O. The van der Waals surface area contributed by atoms with Gasteiger partial charge in [-0.25, -0.2) is 0 Å². The summed E-state index contributed by atoms with van der Waals surface area (Å²) in [6.07, 6.45) is 11.0. The van der Waals surface area contributed by atoms with Gasteiger partial charge >= 0.3 is 0 Å². The van der Waals surface area contributed by atoms with Gasteiger partial charge in [-0.15, -0.1) is 0 Å². The third kappa shape index (κ3) is 4.95. The molecule has 1 aliphatic carbocycles. The average molecular weight is 352 g/mol. The number of nitrogens with one attached hydrogen (secondary N) is 1. The van der Waals surface area contributed by atoms with Gasteiger partial charge in [0.15, 0.2) is 0 Å². The molecule has 0 bridgehead atoms. The number of dihydropyridines is 1. The SMILES string of the molecule is CCN(CCO)CCCC(C)NC1=CC=N[C@]2(C)CC(Cl)=CC=C12. The number of likely N-dealkylation sites (N-methyl/N-ethyl adjacent to an activating group) is 1. The molecule has 0 radical (unpaired) electrons. The summed E-state index contributed by atoms with van der Waals surface area (Å²) in [6, 6.07) is 0.391. The van der Waals surface area contributed by atoms with Crippen molar-refractivity contribution in [3.8, 4) is 0 Å². The van der Waals surface area contributed by atoms with Crippen LogP contribution in [0.1, 0.15) is 40.0 Å². The van der Waals surface area contributed by atoms with Crippen LogP contribution >= 0.6 is 11.6 Å². The molecule has 2 rings (SSSR count). The van der Waals surface area contributed by atoms with E-state index in [2.05, 4.69) is 48.1 Å². The molecule has 5 heteroatoms. The van der Waals surface area contributed by atoms with Crippen molar-refractivity contribution in [2.45, 2.75) is 51.6 Å². The maximum absolute atomic E-state index is 9.05. The lowest BCUT2D eigenvalue weighted by atomic mass is 9.81. The summed E-state index contributed by atoms with van der Waals surface area (Å²) < 4.78 is 0. The number of fused-ring (bicyclic) bond motifs is 1. The summed E-state index contributed by atoms with van der Waals surface area (Å²) in [5.41, 5.74) is 2.13. The lowest BCUT2D eigenvalue weighted by Crippen LogP contribution is -2.37. The Morgan fingerprint density at radius 2 is 2.17 bits per heavy atom. The number of hydrogen-bond acceptors (Lipinski definition) is 4. The number of aliphatic imine (C=N–C) groups is 1. The highest BCUT2D eigenvalue weighted by Crippen LogP contribution is 2.38. The van der Waals surface area contributed by atoms with Gasteiger partial charge in [0.1, 0.15) is 0 Å². The van der Waals surface area contributed by atoms with E-state index in [-0.39, 0.29) is 12.1 Å². The first-order chi connectivity index (χ1) is 11.5. The van der Waals surface area contributed by atoms with Crippen molar-refractivity contribution in [2.75, 3.05) is 26.2 Å². The van der Waals surface area contributed by atoms with E-state index < -0.39 is 0 Å². The zero-order chi connectivity index (χ0) is 17.6. The van der Waals surface area contributed by atoms with Crippen LogP contribution in [0.5, 0.6) is 0 Å². The highest BCUT2D eigenvalue weighted by molar-refractivity contribution is 6.30. The van der Waals surface area contributed by atoms with Crippen LogP contribution in [0.3, 0.4) is 0 Å². The standard InChI is InChI=1S/C19H30ClN3O/c1-4-23(12-13-24)11-5-6-15(2)22-18-9-10-21-19(3)14-16(20)7-8-17(18)19/h7-10,15,22,24H,4-6,11-14H2,1-3H3/t15?,19-/m1/s1. The van der Waals surface area contributed by atoms with Gasteiger partial charge in [-0.1, -0.05) is 24.6 Å². The van der Waals surface area contributed by atoms with Crippen molar-refractivity contribution < 1.29 is 5.11 Å². The number of allylic oxidation sites excluding steroid dienone is 3. The molecule has 2 atom stereocenters. The van der Waals surface area contributed by atoms with Crippen LogP contribution in [0, 0.1) is 0 Å². The van der Waals surface area contributed by atoms with Gasteiger partial charge in [0.05, 0.1) is 12.1 Å². The minimum absolute atomic E-state index is 0.233. The third-order valence-electron chi connectivity index (χ3n) is 4.79. The zero-order valence-corrected chi connectivity index (χ0v) is 15.8. The predicted octanol–water partition coefficient (Wildman–Crippen LogP) is 3.24. The van der Waals surface area contributed by atoms with E-state index in [1.807, 2.05) is 12.3 Å². The number of aliphatic hydroxyl groups excluding tert-OH is 1. The molecule has 1 heterocycles. The van der Waals surface area contributed by atoms with E-state index in [0.717, 1.165) is 49.6 Å². The van der Waals surface area contributed by atoms with Gasteiger partial charge < -0.3 is 15.3 Å². The fourth-order valence-electron chi connectivity index (χ4n) is 3.35. The Bertz CT molecular complexity index is 553. The molecule has 0 fully saturated rings. The summed E-state index contributed by atoms with van der Waals surface area (Å²) in [4.78, 5) is 6.93. The Hall–Kier alpha value is -1.10. The molecule has 4 nitrogen and oxygen atoms in total. The van der Waals surface area contributed by atoms with E-state index in [1.54, 1.807) is 0 Å². The quantitative estimate of drug-likeness (QED) is 0.670. The Labute approximate surface area is 151 Å². The molecule has 2 N–H and O–H groups in total.